The minimum absolute atomic E-state index is 0.00183. The summed E-state index contributed by atoms with van der Waals surface area (Å²) in [5, 5.41) is 3.06. The van der Waals surface area contributed by atoms with Crippen LogP contribution in [-0.4, -0.2) is 12.5 Å². The normalized spacial score (nSPS) is 13.1. The van der Waals surface area contributed by atoms with Crippen LogP contribution in [-0.2, 0) is 10.2 Å². The van der Waals surface area contributed by atoms with Crippen LogP contribution >= 0.6 is 0 Å². The van der Waals surface area contributed by atoms with Gasteiger partial charge in [-0.3, -0.25) is 4.79 Å². The molecule has 3 nitrogen and oxygen atoms in total. The van der Waals surface area contributed by atoms with Crippen LogP contribution in [0, 0.1) is 5.92 Å². The number of anilines is 1. The third-order valence-electron chi connectivity index (χ3n) is 3.37. The van der Waals surface area contributed by atoms with Crippen LogP contribution in [0.15, 0.2) is 24.3 Å². The molecule has 0 aliphatic heterocycles. The standard InChI is InChI=1S/C16H26N2O/c1-5-12(10-11-17)15(19)18-14-9-7-6-8-13(14)16(2,3)4/h6-9,12H,5,10-11,17H2,1-4H3,(H,18,19). The van der Waals surface area contributed by atoms with Crippen LogP contribution in [0.1, 0.15) is 46.1 Å². The van der Waals surface area contributed by atoms with Gasteiger partial charge in [0, 0.05) is 11.6 Å². The Morgan fingerprint density at radius 2 is 1.95 bits per heavy atom. The predicted octanol–water partition coefficient (Wildman–Crippen LogP) is 3.30. The number of nitrogens with one attached hydrogen (secondary N) is 1. The lowest BCUT2D eigenvalue weighted by Crippen LogP contribution is -2.26. The summed E-state index contributed by atoms with van der Waals surface area (Å²) in [6.07, 6.45) is 1.56. The largest absolute Gasteiger partial charge is 0.330 e. The van der Waals surface area contributed by atoms with Crippen molar-refractivity contribution in [3.63, 3.8) is 0 Å². The predicted molar refractivity (Wildman–Crippen MR) is 81.2 cm³/mol. The van der Waals surface area contributed by atoms with Gasteiger partial charge in [0.25, 0.3) is 0 Å². The van der Waals surface area contributed by atoms with Crippen LogP contribution in [0.4, 0.5) is 5.69 Å². The number of nitrogens with two attached hydrogens (primary N) is 1. The Labute approximate surface area is 116 Å². The quantitative estimate of drug-likeness (QED) is 0.855. The third-order valence-corrected chi connectivity index (χ3v) is 3.37. The monoisotopic (exact) mass is 262 g/mol. The summed E-state index contributed by atoms with van der Waals surface area (Å²) >= 11 is 0. The fourth-order valence-electron chi connectivity index (χ4n) is 2.20. The zero-order chi connectivity index (χ0) is 14.5. The summed E-state index contributed by atoms with van der Waals surface area (Å²) in [5.41, 5.74) is 7.64. The smallest absolute Gasteiger partial charge is 0.227 e. The molecule has 0 heterocycles. The van der Waals surface area contributed by atoms with Crippen LogP contribution < -0.4 is 11.1 Å². The van der Waals surface area contributed by atoms with Gasteiger partial charge in [-0.1, -0.05) is 45.9 Å². The molecule has 1 unspecified atom stereocenters. The topological polar surface area (TPSA) is 55.1 Å². The van der Waals surface area contributed by atoms with E-state index in [0.717, 1.165) is 24.1 Å². The average Bonchev–Trinajstić information content (AvgIpc) is 2.35. The van der Waals surface area contributed by atoms with E-state index in [1.165, 1.54) is 0 Å². The Kier molecular flexibility index (Phi) is 5.55. The van der Waals surface area contributed by atoms with Crippen LogP contribution in [0.5, 0.6) is 0 Å². The molecule has 106 valence electrons. The summed E-state index contributed by atoms with van der Waals surface area (Å²) in [7, 11) is 0. The molecule has 1 rings (SSSR count). The van der Waals surface area contributed by atoms with Gasteiger partial charge in [0.05, 0.1) is 0 Å². The molecule has 0 aromatic heterocycles. The molecule has 0 saturated heterocycles. The van der Waals surface area contributed by atoms with E-state index in [2.05, 4.69) is 32.2 Å². The Morgan fingerprint density at radius 3 is 2.47 bits per heavy atom. The molecule has 19 heavy (non-hydrogen) atoms. The van der Waals surface area contributed by atoms with Crippen molar-refractivity contribution in [2.24, 2.45) is 11.7 Å². The first-order valence-corrected chi connectivity index (χ1v) is 7.00. The first-order chi connectivity index (χ1) is 8.90. The third kappa shape index (κ3) is 4.35. The van der Waals surface area contributed by atoms with Crippen molar-refractivity contribution in [3.8, 4) is 0 Å². The maximum atomic E-state index is 12.2. The zero-order valence-electron chi connectivity index (χ0n) is 12.5. The molecule has 0 spiro atoms. The van der Waals surface area contributed by atoms with Gasteiger partial charge in [0.2, 0.25) is 5.91 Å². The van der Waals surface area contributed by atoms with Crippen molar-refractivity contribution in [3.05, 3.63) is 29.8 Å². The summed E-state index contributed by atoms with van der Waals surface area (Å²) in [5.74, 6) is 0.0719. The molecular formula is C16H26N2O. The first kappa shape index (κ1) is 15.7. The molecule has 1 amide bonds. The highest BCUT2D eigenvalue weighted by Gasteiger charge is 2.21. The van der Waals surface area contributed by atoms with Crippen molar-refractivity contribution < 1.29 is 4.79 Å². The number of rotatable bonds is 5. The lowest BCUT2D eigenvalue weighted by molar-refractivity contribution is -0.120. The maximum Gasteiger partial charge on any atom is 0.227 e. The number of amides is 1. The van der Waals surface area contributed by atoms with E-state index in [-0.39, 0.29) is 17.2 Å². The SMILES string of the molecule is CCC(CCN)C(=O)Nc1ccccc1C(C)(C)C. The fraction of sp³-hybridized carbons (Fsp3) is 0.562. The molecule has 3 N–H and O–H groups in total. The van der Waals surface area contributed by atoms with Crippen LogP contribution in [0.2, 0.25) is 0 Å². The summed E-state index contributed by atoms with van der Waals surface area (Å²) in [6, 6.07) is 8.00. The van der Waals surface area contributed by atoms with Crippen molar-refractivity contribution in [2.45, 2.75) is 46.0 Å². The van der Waals surface area contributed by atoms with E-state index in [0.29, 0.717) is 6.54 Å². The number of carbonyl (C=O) groups is 1. The summed E-state index contributed by atoms with van der Waals surface area (Å²) in [4.78, 5) is 12.2. The van der Waals surface area contributed by atoms with Gasteiger partial charge in [-0.05, 0) is 36.4 Å². The highest BCUT2D eigenvalue weighted by molar-refractivity contribution is 5.93. The first-order valence-electron chi connectivity index (χ1n) is 7.00. The van der Waals surface area contributed by atoms with E-state index in [1.807, 2.05) is 25.1 Å². The second-order valence-electron chi connectivity index (χ2n) is 5.97. The minimum atomic E-state index is -0.00183. The molecular weight excluding hydrogens is 236 g/mol. The van der Waals surface area contributed by atoms with Gasteiger partial charge in [-0.25, -0.2) is 0 Å². The van der Waals surface area contributed by atoms with Crippen molar-refractivity contribution in [2.75, 3.05) is 11.9 Å². The van der Waals surface area contributed by atoms with Gasteiger partial charge in [0.15, 0.2) is 0 Å². The Bertz CT molecular complexity index is 421. The van der Waals surface area contributed by atoms with E-state index in [9.17, 15) is 4.79 Å². The zero-order valence-corrected chi connectivity index (χ0v) is 12.5. The number of carbonyl (C=O) groups excluding carboxylic acids is 1. The molecule has 1 atom stereocenters. The molecule has 0 saturated carbocycles. The van der Waals surface area contributed by atoms with Gasteiger partial charge in [0.1, 0.15) is 0 Å². The van der Waals surface area contributed by atoms with E-state index < -0.39 is 0 Å². The molecule has 0 radical (unpaired) electrons. The van der Waals surface area contributed by atoms with E-state index in [1.54, 1.807) is 0 Å². The Balaban J connectivity index is 2.91. The summed E-state index contributed by atoms with van der Waals surface area (Å²) in [6.45, 7) is 9.02. The lowest BCUT2D eigenvalue weighted by atomic mass is 9.85. The highest BCUT2D eigenvalue weighted by Crippen LogP contribution is 2.29. The second-order valence-corrected chi connectivity index (χ2v) is 5.97. The van der Waals surface area contributed by atoms with Crippen LogP contribution in [0.25, 0.3) is 0 Å². The maximum absolute atomic E-state index is 12.2. The number of benzene rings is 1. The molecule has 0 aliphatic rings. The molecule has 0 aliphatic carbocycles. The van der Waals surface area contributed by atoms with Gasteiger partial charge >= 0.3 is 0 Å². The Hall–Kier alpha value is -1.35. The average molecular weight is 262 g/mol. The molecule has 1 aromatic carbocycles. The second kappa shape index (κ2) is 6.71. The lowest BCUT2D eigenvalue weighted by Gasteiger charge is -2.24. The van der Waals surface area contributed by atoms with Crippen molar-refractivity contribution in [1.82, 2.24) is 0 Å². The molecule has 0 fully saturated rings. The Morgan fingerprint density at radius 1 is 1.32 bits per heavy atom. The van der Waals surface area contributed by atoms with Crippen molar-refractivity contribution >= 4 is 11.6 Å². The van der Waals surface area contributed by atoms with Gasteiger partial charge in [-0.15, -0.1) is 0 Å². The fourth-order valence-corrected chi connectivity index (χ4v) is 2.20. The summed E-state index contributed by atoms with van der Waals surface area (Å²) < 4.78 is 0. The van der Waals surface area contributed by atoms with E-state index >= 15 is 0 Å². The molecule has 3 heteroatoms. The molecule has 0 bridgehead atoms. The number of para-hydroxylation sites is 1. The minimum Gasteiger partial charge on any atom is -0.330 e. The van der Waals surface area contributed by atoms with Crippen molar-refractivity contribution in [1.29, 1.82) is 0 Å². The number of hydrogen-bond acceptors (Lipinski definition) is 2. The number of hydrogen-bond donors (Lipinski definition) is 2. The molecule has 1 aromatic rings. The van der Waals surface area contributed by atoms with Crippen LogP contribution in [0.3, 0.4) is 0 Å². The highest BCUT2D eigenvalue weighted by atomic mass is 16.1. The van der Waals surface area contributed by atoms with Gasteiger partial charge in [-0.2, -0.15) is 0 Å². The van der Waals surface area contributed by atoms with Gasteiger partial charge < -0.3 is 11.1 Å². The van der Waals surface area contributed by atoms with E-state index in [4.69, 9.17) is 5.73 Å².